The summed E-state index contributed by atoms with van der Waals surface area (Å²) < 4.78 is 0. The SMILES string of the molecule is [Cs+].[c-]1cccc2cc3ccccc3cc12. The van der Waals surface area contributed by atoms with Gasteiger partial charge in [-0.25, -0.2) is 0 Å². The van der Waals surface area contributed by atoms with Crippen LogP contribution in [-0.4, -0.2) is 0 Å². The molecule has 0 amide bonds. The maximum atomic E-state index is 3.24. The Morgan fingerprint density at radius 2 is 1.40 bits per heavy atom. The van der Waals surface area contributed by atoms with E-state index in [4.69, 9.17) is 0 Å². The fraction of sp³-hybridized carbons (Fsp3) is 0. The molecular weight excluding hydrogens is 301 g/mol. The zero-order valence-corrected chi connectivity index (χ0v) is 15.0. The second kappa shape index (κ2) is 5.04. The average Bonchev–Trinajstić information content (AvgIpc) is 2.26. The van der Waals surface area contributed by atoms with Crippen molar-refractivity contribution >= 4 is 21.5 Å². The van der Waals surface area contributed by atoms with Crippen LogP contribution in [0.1, 0.15) is 0 Å². The van der Waals surface area contributed by atoms with Crippen molar-refractivity contribution in [2.24, 2.45) is 0 Å². The molecule has 0 saturated carbocycles. The van der Waals surface area contributed by atoms with E-state index in [1.807, 2.05) is 12.1 Å². The molecule has 0 aromatic heterocycles. The van der Waals surface area contributed by atoms with E-state index >= 15 is 0 Å². The van der Waals surface area contributed by atoms with Crippen molar-refractivity contribution in [3.8, 4) is 0 Å². The van der Waals surface area contributed by atoms with Crippen LogP contribution in [0.25, 0.3) is 21.5 Å². The molecule has 3 rings (SSSR count). The van der Waals surface area contributed by atoms with Gasteiger partial charge in [-0.15, -0.1) is 41.1 Å². The van der Waals surface area contributed by atoms with Gasteiger partial charge >= 0.3 is 68.9 Å². The Morgan fingerprint density at radius 1 is 0.733 bits per heavy atom. The maximum absolute atomic E-state index is 3.24. The zero-order chi connectivity index (χ0) is 9.38. The molecule has 15 heavy (non-hydrogen) atoms. The Labute approximate surface area is 148 Å². The molecule has 0 aliphatic rings. The van der Waals surface area contributed by atoms with E-state index in [9.17, 15) is 0 Å². The molecule has 3 aromatic carbocycles. The molecule has 0 heterocycles. The van der Waals surface area contributed by atoms with E-state index in [2.05, 4.69) is 48.5 Å². The van der Waals surface area contributed by atoms with Crippen molar-refractivity contribution in [1.29, 1.82) is 0 Å². The van der Waals surface area contributed by atoms with Gasteiger partial charge in [-0.1, -0.05) is 35.7 Å². The van der Waals surface area contributed by atoms with Crippen molar-refractivity contribution in [1.82, 2.24) is 0 Å². The molecular formula is C14H9Cs. The summed E-state index contributed by atoms with van der Waals surface area (Å²) in [6, 6.07) is 22.2. The van der Waals surface area contributed by atoms with Crippen LogP contribution in [-0.2, 0) is 0 Å². The third-order valence-corrected chi connectivity index (χ3v) is 2.53. The van der Waals surface area contributed by atoms with Gasteiger partial charge in [-0.2, -0.15) is 0 Å². The standard InChI is InChI=1S/C14H9.Cs/c1-2-6-12-10-14-8-4-3-7-13(14)9-11(12)5-1;/h1-7,9-10H;/q-1;+1. The van der Waals surface area contributed by atoms with Crippen molar-refractivity contribution in [2.45, 2.75) is 0 Å². The van der Waals surface area contributed by atoms with Crippen molar-refractivity contribution < 1.29 is 68.9 Å². The molecule has 66 valence electrons. The van der Waals surface area contributed by atoms with Gasteiger partial charge in [0.1, 0.15) is 0 Å². The second-order valence-corrected chi connectivity index (χ2v) is 3.46. The first-order valence-electron chi connectivity index (χ1n) is 4.73. The van der Waals surface area contributed by atoms with Crippen LogP contribution in [0, 0.1) is 6.07 Å². The van der Waals surface area contributed by atoms with E-state index in [0.717, 1.165) is 0 Å². The van der Waals surface area contributed by atoms with Gasteiger partial charge in [0.05, 0.1) is 0 Å². The summed E-state index contributed by atoms with van der Waals surface area (Å²) in [5.74, 6) is 0. The van der Waals surface area contributed by atoms with Crippen LogP contribution in [0.4, 0.5) is 0 Å². The molecule has 0 unspecified atom stereocenters. The van der Waals surface area contributed by atoms with Gasteiger partial charge < -0.3 is 0 Å². The largest absolute Gasteiger partial charge is 1.00 e. The minimum Gasteiger partial charge on any atom is -0.147 e. The van der Waals surface area contributed by atoms with Gasteiger partial charge in [0.2, 0.25) is 0 Å². The minimum absolute atomic E-state index is 0. The Bertz CT molecular complexity index is 494. The number of hydrogen-bond donors (Lipinski definition) is 0. The first-order chi connectivity index (χ1) is 6.93. The number of benzene rings is 3. The van der Waals surface area contributed by atoms with Crippen molar-refractivity contribution in [3.05, 3.63) is 60.7 Å². The van der Waals surface area contributed by atoms with Crippen LogP contribution in [0.2, 0.25) is 0 Å². The molecule has 0 nitrogen and oxygen atoms in total. The molecule has 0 bridgehead atoms. The summed E-state index contributed by atoms with van der Waals surface area (Å²) >= 11 is 0. The summed E-state index contributed by atoms with van der Waals surface area (Å²) in [4.78, 5) is 0. The summed E-state index contributed by atoms with van der Waals surface area (Å²) in [5, 5.41) is 5.01. The quantitative estimate of drug-likeness (QED) is 0.426. The number of hydrogen-bond acceptors (Lipinski definition) is 0. The molecule has 1 heteroatoms. The van der Waals surface area contributed by atoms with Crippen LogP contribution < -0.4 is 68.9 Å². The van der Waals surface area contributed by atoms with Crippen LogP contribution in [0.3, 0.4) is 0 Å². The fourth-order valence-electron chi connectivity index (χ4n) is 1.81. The molecule has 0 radical (unpaired) electrons. The summed E-state index contributed by atoms with van der Waals surface area (Å²) in [5.41, 5.74) is 0. The third-order valence-electron chi connectivity index (χ3n) is 2.53. The van der Waals surface area contributed by atoms with Gasteiger partial charge in [0.15, 0.2) is 0 Å². The first-order valence-corrected chi connectivity index (χ1v) is 4.73. The van der Waals surface area contributed by atoms with Crippen molar-refractivity contribution in [2.75, 3.05) is 0 Å². The Morgan fingerprint density at radius 3 is 2.20 bits per heavy atom. The number of rotatable bonds is 0. The topological polar surface area (TPSA) is 0 Å². The van der Waals surface area contributed by atoms with Crippen LogP contribution in [0.15, 0.2) is 54.6 Å². The molecule has 0 atom stereocenters. The van der Waals surface area contributed by atoms with E-state index in [-0.39, 0.29) is 68.9 Å². The summed E-state index contributed by atoms with van der Waals surface area (Å²) in [6.07, 6.45) is 0. The van der Waals surface area contributed by atoms with Gasteiger partial charge in [0, 0.05) is 0 Å². The van der Waals surface area contributed by atoms with E-state index < -0.39 is 0 Å². The average molecular weight is 310 g/mol. The molecule has 3 aromatic rings. The fourth-order valence-corrected chi connectivity index (χ4v) is 1.81. The molecule has 0 saturated heterocycles. The van der Waals surface area contributed by atoms with Crippen molar-refractivity contribution in [3.63, 3.8) is 0 Å². The summed E-state index contributed by atoms with van der Waals surface area (Å²) in [7, 11) is 0. The number of fused-ring (bicyclic) bond motifs is 2. The minimum atomic E-state index is 0. The van der Waals surface area contributed by atoms with Gasteiger partial charge in [0.25, 0.3) is 0 Å². The maximum Gasteiger partial charge on any atom is 1.00 e. The second-order valence-electron chi connectivity index (χ2n) is 3.46. The van der Waals surface area contributed by atoms with E-state index in [1.165, 1.54) is 21.5 Å². The first kappa shape index (κ1) is 11.7. The predicted molar refractivity (Wildman–Crippen MR) is 60.3 cm³/mol. The molecule has 0 fully saturated rings. The van der Waals surface area contributed by atoms with Gasteiger partial charge in [-0.3, -0.25) is 0 Å². The van der Waals surface area contributed by atoms with Crippen LogP contribution in [0.5, 0.6) is 0 Å². The monoisotopic (exact) mass is 310 g/mol. The Kier molecular flexibility index (Phi) is 3.94. The molecule has 0 aliphatic carbocycles. The predicted octanol–water partition coefficient (Wildman–Crippen LogP) is 0.797. The molecule has 0 aliphatic heterocycles. The van der Waals surface area contributed by atoms with E-state index in [1.54, 1.807) is 0 Å². The normalized spacial score (nSPS) is 10.1. The van der Waals surface area contributed by atoms with E-state index in [0.29, 0.717) is 0 Å². The van der Waals surface area contributed by atoms with Gasteiger partial charge in [-0.05, 0) is 5.39 Å². The molecule has 0 spiro atoms. The smallest absolute Gasteiger partial charge is 0.147 e. The third kappa shape index (κ3) is 2.33. The Hall–Kier alpha value is 0.232. The summed E-state index contributed by atoms with van der Waals surface area (Å²) in [6.45, 7) is 0. The zero-order valence-electron chi connectivity index (χ0n) is 8.70. The Balaban J connectivity index is 0.000000853. The van der Waals surface area contributed by atoms with Crippen LogP contribution >= 0.6 is 0 Å². The molecule has 0 N–H and O–H groups in total.